The van der Waals surface area contributed by atoms with Gasteiger partial charge < -0.3 is 9.47 Å². The lowest BCUT2D eigenvalue weighted by molar-refractivity contribution is 0.0526. The number of benzene rings is 2. The first-order chi connectivity index (χ1) is 12.3. The van der Waals surface area contributed by atoms with E-state index in [1.165, 1.54) is 18.2 Å². The summed E-state index contributed by atoms with van der Waals surface area (Å²) in [5.41, 5.74) is 0.611. The molecule has 0 amide bonds. The molecule has 0 bridgehead atoms. The third kappa shape index (κ3) is 3.16. The van der Waals surface area contributed by atoms with Crippen molar-refractivity contribution in [2.75, 3.05) is 17.6 Å². The van der Waals surface area contributed by atoms with Crippen molar-refractivity contribution in [1.82, 2.24) is 0 Å². The molecule has 1 aliphatic rings. The summed E-state index contributed by atoms with van der Waals surface area (Å²) in [5.74, 6) is -1.33. The molecule has 1 heterocycles. The molecule has 6 nitrogen and oxygen atoms in total. The Morgan fingerprint density at radius 2 is 2.08 bits per heavy atom. The van der Waals surface area contributed by atoms with Crippen molar-refractivity contribution in [3.05, 3.63) is 51.7 Å². The van der Waals surface area contributed by atoms with Crippen molar-refractivity contribution in [1.29, 1.82) is 0 Å². The summed E-state index contributed by atoms with van der Waals surface area (Å²) in [6.45, 7) is 3.23. The fourth-order valence-electron chi connectivity index (χ4n) is 2.52. The highest BCUT2D eigenvalue weighted by Gasteiger charge is 2.35. The van der Waals surface area contributed by atoms with Crippen LogP contribution in [0, 0.1) is 12.7 Å². The average molecular weight is 444 g/mol. The molecule has 138 valence electrons. The first-order valence-corrected chi connectivity index (χ1v) is 9.91. The molecule has 0 unspecified atom stereocenters. The molecule has 0 aliphatic carbocycles. The Morgan fingerprint density at radius 1 is 1.35 bits per heavy atom. The zero-order valence-electron chi connectivity index (χ0n) is 14.0. The van der Waals surface area contributed by atoms with Crippen molar-refractivity contribution in [2.24, 2.45) is 0 Å². The SMILES string of the molecule is CCOC(=O)c1ccc(N2COc3cc(C)c(Br)cc3S2(=O)=O)c(F)c1. The molecule has 9 heteroatoms. The number of hydrogen-bond donors (Lipinski definition) is 0. The van der Waals surface area contributed by atoms with Gasteiger partial charge in [0.25, 0.3) is 10.0 Å². The summed E-state index contributed by atoms with van der Waals surface area (Å²) in [6, 6.07) is 6.51. The highest BCUT2D eigenvalue weighted by Crippen LogP contribution is 2.38. The molecule has 1 aliphatic heterocycles. The third-order valence-corrected chi connectivity index (χ3v) is 6.47. The number of carbonyl (C=O) groups is 1. The van der Waals surface area contributed by atoms with E-state index >= 15 is 0 Å². The maximum atomic E-state index is 14.5. The van der Waals surface area contributed by atoms with Crippen LogP contribution in [0.2, 0.25) is 0 Å². The summed E-state index contributed by atoms with van der Waals surface area (Å²) in [5, 5.41) is 0. The van der Waals surface area contributed by atoms with E-state index in [0.717, 1.165) is 15.9 Å². The van der Waals surface area contributed by atoms with Gasteiger partial charge in [-0.1, -0.05) is 15.9 Å². The number of sulfonamides is 1. The molecule has 3 rings (SSSR count). The second kappa shape index (κ2) is 6.88. The Labute approximate surface area is 158 Å². The molecule has 0 saturated heterocycles. The number of halogens is 2. The van der Waals surface area contributed by atoms with E-state index < -0.39 is 21.8 Å². The van der Waals surface area contributed by atoms with Crippen LogP contribution in [-0.4, -0.2) is 27.7 Å². The van der Waals surface area contributed by atoms with Crippen LogP contribution in [-0.2, 0) is 14.8 Å². The molecule has 0 atom stereocenters. The minimum Gasteiger partial charge on any atom is -0.471 e. The summed E-state index contributed by atoms with van der Waals surface area (Å²) in [7, 11) is -4.02. The second-order valence-electron chi connectivity index (χ2n) is 5.56. The minimum absolute atomic E-state index is 0.00203. The number of aryl methyl sites for hydroxylation is 1. The Bertz CT molecular complexity index is 993. The Hall–Kier alpha value is -2.13. The summed E-state index contributed by atoms with van der Waals surface area (Å²) < 4.78 is 52.1. The van der Waals surface area contributed by atoms with Gasteiger partial charge >= 0.3 is 5.97 Å². The van der Waals surface area contributed by atoms with E-state index in [0.29, 0.717) is 4.47 Å². The van der Waals surface area contributed by atoms with Gasteiger partial charge in [-0.3, -0.25) is 0 Å². The number of esters is 1. The summed E-state index contributed by atoms with van der Waals surface area (Å²) >= 11 is 3.29. The lowest BCUT2D eigenvalue weighted by atomic mass is 10.2. The maximum Gasteiger partial charge on any atom is 0.338 e. The normalized spacial score (nSPS) is 15.2. The monoisotopic (exact) mass is 443 g/mol. The largest absolute Gasteiger partial charge is 0.471 e. The van der Waals surface area contributed by atoms with Gasteiger partial charge in [0.15, 0.2) is 6.73 Å². The minimum atomic E-state index is -4.02. The van der Waals surface area contributed by atoms with E-state index in [1.807, 2.05) is 0 Å². The van der Waals surface area contributed by atoms with E-state index in [9.17, 15) is 17.6 Å². The predicted molar refractivity (Wildman–Crippen MR) is 96.4 cm³/mol. The lowest BCUT2D eigenvalue weighted by Gasteiger charge is -2.30. The Balaban J connectivity index is 2.03. The predicted octanol–water partition coefficient (Wildman–Crippen LogP) is 3.62. The molecule has 26 heavy (non-hydrogen) atoms. The fraction of sp³-hybridized carbons (Fsp3) is 0.235. The maximum absolute atomic E-state index is 14.5. The van der Waals surface area contributed by atoms with Gasteiger partial charge in [0.05, 0.1) is 17.9 Å². The fourth-order valence-corrected chi connectivity index (χ4v) is 4.49. The second-order valence-corrected chi connectivity index (χ2v) is 8.25. The van der Waals surface area contributed by atoms with Gasteiger partial charge in [0.2, 0.25) is 0 Å². The van der Waals surface area contributed by atoms with Crippen LogP contribution in [0.3, 0.4) is 0 Å². The van der Waals surface area contributed by atoms with Crippen molar-refractivity contribution in [3.8, 4) is 5.75 Å². The van der Waals surface area contributed by atoms with Crippen LogP contribution in [0.1, 0.15) is 22.8 Å². The molecule has 2 aromatic carbocycles. The van der Waals surface area contributed by atoms with Crippen molar-refractivity contribution in [3.63, 3.8) is 0 Å². The van der Waals surface area contributed by atoms with Crippen LogP contribution in [0.5, 0.6) is 5.75 Å². The van der Waals surface area contributed by atoms with Gasteiger partial charge in [-0.15, -0.1) is 0 Å². The molecular formula is C17H15BrFNO5S. The van der Waals surface area contributed by atoms with Gasteiger partial charge in [-0.2, -0.15) is 0 Å². The summed E-state index contributed by atoms with van der Waals surface area (Å²) in [6.07, 6.45) is 0. The number of hydrogen-bond acceptors (Lipinski definition) is 5. The zero-order chi connectivity index (χ0) is 19.1. The van der Waals surface area contributed by atoms with E-state index in [4.69, 9.17) is 9.47 Å². The van der Waals surface area contributed by atoms with Crippen molar-refractivity contribution in [2.45, 2.75) is 18.7 Å². The first-order valence-electron chi connectivity index (χ1n) is 7.68. The van der Waals surface area contributed by atoms with E-state index in [1.54, 1.807) is 19.9 Å². The molecule has 0 radical (unpaired) electrons. The van der Waals surface area contributed by atoms with Crippen LogP contribution in [0.15, 0.2) is 39.7 Å². The van der Waals surface area contributed by atoms with Gasteiger partial charge in [-0.25, -0.2) is 21.9 Å². The molecule has 0 spiro atoms. The van der Waals surface area contributed by atoms with E-state index in [-0.39, 0.29) is 35.2 Å². The first kappa shape index (κ1) is 18.7. The van der Waals surface area contributed by atoms with Gasteiger partial charge in [-0.05, 0) is 49.7 Å². The van der Waals surface area contributed by atoms with Gasteiger partial charge in [0.1, 0.15) is 16.5 Å². The average Bonchev–Trinajstić information content (AvgIpc) is 2.58. The van der Waals surface area contributed by atoms with Crippen LogP contribution in [0.4, 0.5) is 10.1 Å². The molecule has 0 aromatic heterocycles. The summed E-state index contributed by atoms with van der Waals surface area (Å²) in [4.78, 5) is 11.6. The van der Waals surface area contributed by atoms with Crippen molar-refractivity contribution >= 4 is 37.6 Å². The molecule has 0 N–H and O–H groups in total. The highest BCUT2D eigenvalue weighted by molar-refractivity contribution is 9.10. The quantitative estimate of drug-likeness (QED) is 0.677. The number of rotatable bonds is 3. The third-order valence-electron chi connectivity index (χ3n) is 3.86. The smallest absolute Gasteiger partial charge is 0.338 e. The number of carbonyl (C=O) groups excluding carboxylic acids is 1. The molecule has 2 aromatic rings. The van der Waals surface area contributed by atoms with Crippen molar-refractivity contribution < 1.29 is 27.1 Å². The Morgan fingerprint density at radius 3 is 2.73 bits per heavy atom. The van der Waals surface area contributed by atoms with Crippen LogP contribution < -0.4 is 9.04 Å². The van der Waals surface area contributed by atoms with Crippen LogP contribution >= 0.6 is 15.9 Å². The topological polar surface area (TPSA) is 72.9 Å². The number of ether oxygens (including phenoxy) is 2. The highest BCUT2D eigenvalue weighted by atomic mass is 79.9. The molecule has 0 fully saturated rings. The standard InChI is InChI=1S/C17H15BrFNO5S/c1-3-24-17(21)11-4-5-14(13(19)7-11)20-9-25-15-6-10(2)12(18)8-16(15)26(20,22)23/h4-8H,3,9H2,1-2H3. The van der Waals surface area contributed by atoms with E-state index in [2.05, 4.69) is 15.9 Å². The Kier molecular flexibility index (Phi) is 4.94. The number of nitrogens with zero attached hydrogens (tertiary/aromatic N) is 1. The number of anilines is 1. The number of fused-ring (bicyclic) bond motifs is 1. The van der Waals surface area contributed by atoms with Gasteiger partial charge in [0, 0.05) is 4.47 Å². The zero-order valence-corrected chi connectivity index (χ0v) is 16.4. The molecule has 0 saturated carbocycles. The molecular weight excluding hydrogens is 429 g/mol. The lowest BCUT2D eigenvalue weighted by Crippen LogP contribution is -2.39. The van der Waals surface area contributed by atoms with Crippen LogP contribution in [0.25, 0.3) is 0 Å².